The lowest BCUT2D eigenvalue weighted by molar-refractivity contribution is -0.108. The van der Waals surface area contributed by atoms with Crippen LogP contribution in [-0.4, -0.2) is 12.3 Å². The number of carbonyl (C=O) groups excluding carboxylic acids is 1. The molecule has 0 aliphatic rings. The number of nitrogens with two attached hydrogens (primary N) is 1. The van der Waals surface area contributed by atoms with Gasteiger partial charge in [-0.15, -0.1) is 11.3 Å². The number of carbonyl (C=O) groups is 1. The van der Waals surface area contributed by atoms with E-state index in [9.17, 15) is 4.79 Å². The summed E-state index contributed by atoms with van der Waals surface area (Å²) < 4.78 is 1.07. The molecule has 1 rings (SSSR count). The van der Waals surface area contributed by atoms with Crippen molar-refractivity contribution in [2.75, 3.05) is 0 Å². The first kappa shape index (κ1) is 8.90. The molecule has 0 fully saturated rings. The Balaban J connectivity index is 2.57. The van der Waals surface area contributed by atoms with Crippen molar-refractivity contribution in [3.05, 3.63) is 20.8 Å². The molecule has 0 aromatic carbocycles. The van der Waals surface area contributed by atoms with Crippen LogP contribution >= 0.6 is 27.3 Å². The quantitative estimate of drug-likeness (QED) is 0.807. The average Bonchev–Trinajstić information content (AvgIpc) is 2.35. The van der Waals surface area contributed by atoms with Crippen LogP contribution in [0.4, 0.5) is 0 Å². The Hall–Kier alpha value is -0.190. The fourth-order valence-corrected chi connectivity index (χ4v) is 2.30. The van der Waals surface area contributed by atoms with Crippen LogP contribution in [0.15, 0.2) is 15.9 Å². The van der Waals surface area contributed by atoms with E-state index in [1.807, 2.05) is 12.1 Å². The molecular formula is C7H8BrNOS. The van der Waals surface area contributed by atoms with Crippen LogP contribution in [-0.2, 0) is 11.2 Å². The number of hydrogen-bond acceptors (Lipinski definition) is 3. The van der Waals surface area contributed by atoms with Crippen LogP contribution in [0.1, 0.15) is 4.88 Å². The molecule has 2 nitrogen and oxygen atoms in total. The summed E-state index contributed by atoms with van der Waals surface area (Å²) in [6, 6.07) is 3.57. The maximum Gasteiger partial charge on any atom is 0.137 e. The molecule has 0 saturated heterocycles. The summed E-state index contributed by atoms with van der Waals surface area (Å²) in [7, 11) is 0. The SMILES string of the molecule is N[C@H](C=O)Cc1ccc(Br)s1. The van der Waals surface area contributed by atoms with Gasteiger partial charge in [-0.3, -0.25) is 0 Å². The molecular weight excluding hydrogens is 226 g/mol. The van der Waals surface area contributed by atoms with Crippen LogP contribution in [0.2, 0.25) is 0 Å². The molecule has 1 aromatic rings. The molecule has 0 saturated carbocycles. The molecule has 0 spiro atoms. The molecule has 11 heavy (non-hydrogen) atoms. The van der Waals surface area contributed by atoms with Crippen molar-refractivity contribution in [3.63, 3.8) is 0 Å². The smallest absolute Gasteiger partial charge is 0.137 e. The zero-order chi connectivity index (χ0) is 8.27. The van der Waals surface area contributed by atoms with Crippen molar-refractivity contribution in [2.24, 2.45) is 5.73 Å². The number of hydrogen-bond donors (Lipinski definition) is 1. The van der Waals surface area contributed by atoms with Gasteiger partial charge in [0.2, 0.25) is 0 Å². The van der Waals surface area contributed by atoms with Gasteiger partial charge in [-0.1, -0.05) is 0 Å². The second-order valence-electron chi connectivity index (χ2n) is 2.21. The number of halogens is 1. The first-order valence-corrected chi connectivity index (χ1v) is 4.78. The highest BCUT2D eigenvalue weighted by Crippen LogP contribution is 2.22. The van der Waals surface area contributed by atoms with Crippen molar-refractivity contribution in [1.29, 1.82) is 0 Å². The van der Waals surface area contributed by atoms with Gasteiger partial charge < -0.3 is 10.5 Å². The molecule has 0 radical (unpaired) electrons. The average molecular weight is 234 g/mol. The predicted molar refractivity (Wildman–Crippen MR) is 49.8 cm³/mol. The molecule has 1 aromatic heterocycles. The van der Waals surface area contributed by atoms with Crippen molar-refractivity contribution < 1.29 is 4.79 Å². The van der Waals surface area contributed by atoms with Gasteiger partial charge in [0.05, 0.1) is 9.83 Å². The van der Waals surface area contributed by atoms with Crippen LogP contribution in [0, 0.1) is 0 Å². The highest BCUT2D eigenvalue weighted by Gasteiger charge is 2.03. The third-order valence-electron chi connectivity index (χ3n) is 1.24. The highest BCUT2D eigenvalue weighted by molar-refractivity contribution is 9.11. The van der Waals surface area contributed by atoms with Gasteiger partial charge in [0, 0.05) is 11.3 Å². The molecule has 60 valence electrons. The lowest BCUT2D eigenvalue weighted by Gasteiger charge is -1.98. The number of rotatable bonds is 3. The molecule has 0 amide bonds. The Bertz CT molecular complexity index is 248. The molecule has 2 N–H and O–H groups in total. The van der Waals surface area contributed by atoms with Crippen molar-refractivity contribution >= 4 is 33.6 Å². The topological polar surface area (TPSA) is 43.1 Å². The largest absolute Gasteiger partial charge is 0.321 e. The van der Waals surface area contributed by atoms with Gasteiger partial charge in [0.25, 0.3) is 0 Å². The second-order valence-corrected chi connectivity index (χ2v) is 4.76. The van der Waals surface area contributed by atoms with Crippen LogP contribution in [0.25, 0.3) is 0 Å². The summed E-state index contributed by atoms with van der Waals surface area (Å²) >= 11 is 4.94. The maximum absolute atomic E-state index is 10.2. The molecule has 1 atom stereocenters. The molecule has 0 unspecified atom stereocenters. The van der Waals surface area contributed by atoms with Crippen LogP contribution < -0.4 is 5.73 Å². The summed E-state index contributed by atoms with van der Waals surface area (Å²) in [5.74, 6) is 0. The summed E-state index contributed by atoms with van der Waals surface area (Å²) in [4.78, 5) is 11.3. The van der Waals surface area contributed by atoms with Crippen molar-refractivity contribution in [1.82, 2.24) is 0 Å². The Morgan fingerprint density at radius 1 is 1.73 bits per heavy atom. The zero-order valence-electron chi connectivity index (χ0n) is 5.79. The number of aldehydes is 1. The molecule has 0 aliphatic carbocycles. The fourth-order valence-electron chi connectivity index (χ4n) is 0.742. The Kier molecular flexibility index (Phi) is 3.23. The minimum absolute atomic E-state index is 0.361. The van der Waals surface area contributed by atoms with Gasteiger partial charge in [0.1, 0.15) is 6.29 Å². The summed E-state index contributed by atoms with van der Waals surface area (Å²) in [5.41, 5.74) is 5.44. The van der Waals surface area contributed by atoms with Gasteiger partial charge in [-0.2, -0.15) is 0 Å². The van der Waals surface area contributed by atoms with Crippen molar-refractivity contribution in [3.8, 4) is 0 Å². The first-order valence-electron chi connectivity index (χ1n) is 3.17. The van der Waals surface area contributed by atoms with Gasteiger partial charge in [-0.25, -0.2) is 0 Å². The normalized spacial score (nSPS) is 12.9. The van der Waals surface area contributed by atoms with Gasteiger partial charge in [-0.05, 0) is 28.1 Å². The van der Waals surface area contributed by atoms with Crippen LogP contribution in [0.3, 0.4) is 0 Å². The van der Waals surface area contributed by atoms with E-state index in [4.69, 9.17) is 5.73 Å². The fraction of sp³-hybridized carbons (Fsp3) is 0.286. The Morgan fingerprint density at radius 3 is 2.91 bits per heavy atom. The third-order valence-corrected chi connectivity index (χ3v) is 2.89. The second kappa shape index (κ2) is 3.99. The van der Waals surface area contributed by atoms with E-state index in [0.29, 0.717) is 6.42 Å². The van der Waals surface area contributed by atoms with E-state index in [0.717, 1.165) is 14.9 Å². The molecule has 0 bridgehead atoms. The Labute approximate surface area is 77.5 Å². The molecule has 4 heteroatoms. The lowest BCUT2D eigenvalue weighted by atomic mass is 10.2. The maximum atomic E-state index is 10.2. The minimum atomic E-state index is -0.361. The Morgan fingerprint density at radius 2 is 2.45 bits per heavy atom. The van der Waals surface area contributed by atoms with E-state index in [1.54, 1.807) is 11.3 Å². The van der Waals surface area contributed by atoms with E-state index in [1.165, 1.54) is 0 Å². The van der Waals surface area contributed by atoms with E-state index in [2.05, 4.69) is 15.9 Å². The number of thiophene rings is 1. The summed E-state index contributed by atoms with van der Waals surface area (Å²) in [6.07, 6.45) is 1.41. The predicted octanol–water partition coefficient (Wildman–Crippen LogP) is 1.58. The van der Waals surface area contributed by atoms with Gasteiger partial charge >= 0.3 is 0 Å². The third kappa shape index (κ3) is 2.73. The van der Waals surface area contributed by atoms with E-state index >= 15 is 0 Å². The van der Waals surface area contributed by atoms with E-state index < -0.39 is 0 Å². The standard InChI is InChI=1S/C7H8BrNOS/c8-7-2-1-6(11-7)3-5(9)4-10/h1-2,4-5H,3,9H2/t5-/m0/s1. The molecule has 1 heterocycles. The minimum Gasteiger partial charge on any atom is -0.321 e. The monoisotopic (exact) mass is 233 g/mol. The lowest BCUT2D eigenvalue weighted by Crippen LogP contribution is -2.23. The molecule has 0 aliphatic heterocycles. The van der Waals surface area contributed by atoms with Crippen molar-refractivity contribution in [2.45, 2.75) is 12.5 Å². The highest BCUT2D eigenvalue weighted by atomic mass is 79.9. The zero-order valence-corrected chi connectivity index (χ0v) is 8.19. The summed E-state index contributed by atoms with van der Waals surface area (Å²) in [5, 5.41) is 0. The van der Waals surface area contributed by atoms with Crippen LogP contribution in [0.5, 0.6) is 0 Å². The van der Waals surface area contributed by atoms with Gasteiger partial charge in [0.15, 0.2) is 0 Å². The first-order chi connectivity index (χ1) is 5.22. The van der Waals surface area contributed by atoms with E-state index in [-0.39, 0.29) is 6.04 Å². The summed E-state index contributed by atoms with van der Waals surface area (Å²) in [6.45, 7) is 0.